The van der Waals surface area contributed by atoms with Gasteiger partial charge in [0.05, 0.1) is 26.3 Å². The fourth-order valence-corrected chi connectivity index (χ4v) is 4.60. The van der Waals surface area contributed by atoms with Gasteiger partial charge in [0.25, 0.3) is 6.43 Å². The van der Waals surface area contributed by atoms with Crippen LogP contribution in [0.15, 0.2) is 36.8 Å². The minimum atomic E-state index is -2.85. The van der Waals surface area contributed by atoms with E-state index in [1.165, 1.54) is 31.3 Å². The second kappa shape index (κ2) is 6.58. The molecule has 4 nitrogen and oxygen atoms in total. The summed E-state index contributed by atoms with van der Waals surface area (Å²) in [5.74, 6) is -0.366. The molecule has 1 N–H and O–H groups in total. The van der Waals surface area contributed by atoms with E-state index in [-0.39, 0.29) is 12.1 Å². The first-order chi connectivity index (χ1) is 13.9. The van der Waals surface area contributed by atoms with Crippen molar-refractivity contribution in [2.24, 2.45) is 5.41 Å². The quantitative estimate of drug-likeness (QED) is 0.733. The number of aromatic nitrogens is 2. The van der Waals surface area contributed by atoms with Crippen LogP contribution in [0.3, 0.4) is 0 Å². The lowest BCUT2D eigenvalue weighted by Crippen LogP contribution is -2.41. The maximum atomic E-state index is 14.4. The van der Waals surface area contributed by atoms with Crippen LogP contribution >= 0.6 is 15.9 Å². The summed E-state index contributed by atoms with van der Waals surface area (Å²) in [5.41, 5.74) is 0.871. The molecule has 5 rings (SSSR count). The van der Waals surface area contributed by atoms with Gasteiger partial charge in [-0.25, -0.2) is 23.1 Å². The van der Waals surface area contributed by atoms with Gasteiger partial charge >= 0.3 is 0 Å². The third-order valence-electron chi connectivity index (χ3n) is 6.09. The Morgan fingerprint density at radius 2 is 2.10 bits per heavy atom. The van der Waals surface area contributed by atoms with Crippen molar-refractivity contribution < 1.29 is 13.2 Å². The van der Waals surface area contributed by atoms with Crippen molar-refractivity contribution in [1.82, 2.24) is 14.9 Å². The monoisotopic (exact) mass is 462 g/mol. The van der Waals surface area contributed by atoms with Gasteiger partial charge in [-0.05, 0) is 40.6 Å². The molecule has 1 spiro atoms. The molecule has 1 unspecified atom stereocenters. The van der Waals surface area contributed by atoms with E-state index in [0.717, 1.165) is 27.9 Å². The third kappa shape index (κ3) is 3.04. The Bertz CT molecular complexity index is 1140. The van der Waals surface area contributed by atoms with Gasteiger partial charge in [-0.2, -0.15) is 0 Å². The van der Waals surface area contributed by atoms with Gasteiger partial charge in [-0.3, -0.25) is 0 Å². The number of benzene rings is 1. The van der Waals surface area contributed by atoms with E-state index in [4.69, 9.17) is 0 Å². The van der Waals surface area contributed by atoms with Crippen LogP contribution in [0.2, 0.25) is 0 Å². The number of allylic oxidation sites excluding steroid dienone is 1. The Kier molecular flexibility index (Phi) is 4.24. The summed E-state index contributed by atoms with van der Waals surface area (Å²) < 4.78 is 41.1. The molecule has 1 aromatic heterocycles. The molecular formula is C21H18BrF3N4. The summed E-state index contributed by atoms with van der Waals surface area (Å²) in [6, 6.07) is 4.45. The lowest BCUT2D eigenvalue weighted by molar-refractivity contribution is 0.146. The van der Waals surface area contributed by atoms with Gasteiger partial charge in [0.2, 0.25) is 0 Å². The zero-order valence-corrected chi connectivity index (χ0v) is 17.0. The van der Waals surface area contributed by atoms with Crippen molar-refractivity contribution in [3.05, 3.63) is 64.3 Å². The van der Waals surface area contributed by atoms with E-state index in [2.05, 4.69) is 42.7 Å². The molecule has 29 heavy (non-hydrogen) atoms. The molecule has 2 aromatic rings. The van der Waals surface area contributed by atoms with Crippen LogP contribution in [-0.4, -0.2) is 20.9 Å². The second-order valence-corrected chi connectivity index (χ2v) is 8.63. The Morgan fingerprint density at radius 1 is 1.31 bits per heavy atom. The Balaban J connectivity index is 1.48. The molecule has 2 fully saturated rings. The van der Waals surface area contributed by atoms with Crippen LogP contribution in [0.1, 0.15) is 36.8 Å². The van der Waals surface area contributed by atoms with E-state index >= 15 is 0 Å². The predicted octanol–water partition coefficient (Wildman–Crippen LogP) is 3.79. The number of nitrogens with one attached hydrogen (secondary N) is 1. The molecule has 3 aliphatic rings. The fourth-order valence-electron chi connectivity index (χ4n) is 4.08. The highest BCUT2D eigenvalue weighted by Crippen LogP contribution is 2.68. The lowest BCUT2D eigenvalue weighted by Gasteiger charge is -2.26. The first-order valence-electron chi connectivity index (χ1n) is 9.41. The summed E-state index contributed by atoms with van der Waals surface area (Å²) >= 11 is 3.61. The van der Waals surface area contributed by atoms with Crippen molar-refractivity contribution in [3.63, 3.8) is 0 Å². The van der Waals surface area contributed by atoms with Gasteiger partial charge in [0.1, 0.15) is 18.0 Å². The zero-order valence-electron chi connectivity index (χ0n) is 15.4. The van der Waals surface area contributed by atoms with Crippen LogP contribution in [-0.2, 0) is 6.54 Å². The summed E-state index contributed by atoms with van der Waals surface area (Å²) in [6.07, 6.45) is 4.21. The molecule has 1 atom stereocenters. The van der Waals surface area contributed by atoms with Crippen LogP contribution in [0, 0.1) is 11.2 Å². The van der Waals surface area contributed by atoms with E-state index < -0.39 is 17.8 Å². The number of fused-ring (bicyclic) bond motifs is 1. The van der Waals surface area contributed by atoms with Crippen LogP contribution < -0.4 is 15.9 Å². The zero-order chi connectivity index (χ0) is 20.3. The smallest absolute Gasteiger partial charge is 0.266 e. The van der Waals surface area contributed by atoms with E-state index in [0.29, 0.717) is 22.6 Å². The Morgan fingerprint density at radius 3 is 2.79 bits per heavy atom. The van der Waals surface area contributed by atoms with Crippen molar-refractivity contribution in [1.29, 1.82) is 0 Å². The SMILES string of the molecule is C=C1C(Br)=c2ncnc(NCc3cccc(C(F)F)c3F)c2=CN1C1CC12CC2. The molecule has 1 aliphatic heterocycles. The summed E-state index contributed by atoms with van der Waals surface area (Å²) in [6.45, 7) is 4.24. The van der Waals surface area contributed by atoms with E-state index in [9.17, 15) is 13.2 Å². The van der Waals surface area contributed by atoms with Gasteiger partial charge in [0.15, 0.2) is 0 Å². The van der Waals surface area contributed by atoms with Gasteiger partial charge in [-0.1, -0.05) is 24.8 Å². The molecule has 0 saturated heterocycles. The number of hydrogen-bond donors (Lipinski definition) is 1. The molecule has 0 bridgehead atoms. The maximum Gasteiger partial charge on any atom is 0.266 e. The third-order valence-corrected chi connectivity index (χ3v) is 6.92. The molecule has 2 aliphatic carbocycles. The molecule has 8 heteroatoms. The van der Waals surface area contributed by atoms with E-state index in [1.807, 2.05) is 6.20 Å². The number of alkyl halides is 2. The standard InChI is InChI=1S/C21H18BrF3N4/c1-11-16(22)18-14(9-29(11)15-7-21(15)5-6-21)20(28-10-27-18)26-8-12-3-2-4-13(17(12)23)19(24)25/h2-4,9-10,15,19H,1,5-8H2,(H,26,27,28). The van der Waals surface area contributed by atoms with Gasteiger partial charge in [0, 0.05) is 24.4 Å². The Labute approximate surface area is 174 Å². The Hall–Kier alpha value is -2.35. The highest BCUT2D eigenvalue weighted by atomic mass is 79.9. The number of anilines is 1. The first-order valence-corrected chi connectivity index (χ1v) is 10.2. The van der Waals surface area contributed by atoms with Crippen molar-refractivity contribution in [2.45, 2.75) is 38.3 Å². The van der Waals surface area contributed by atoms with E-state index in [1.54, 1.807) is 0 Å². The minimum absolute atomic E-state index is 0.0373. The fraction of sp³-hybridized carbons (Fsp3) is 0.333. The number of halogens is 4. The van der Waals surface area contributed by atoms with Crippen LogP contribution in [0.25, 0.3) is 10.7 Å². The maximum absolute atomic E-state index is 14.4. The molecule has 1 aromatic carbocycles. The second-order valence-electron chi connectivity index (χ2n) is 7.84. The van der Waals surface area contributed by atoms with Crippen molar-refractivity contribution in [3.8, 4) is 0 Å². The molecule has 150 valence electrons. The molecule has 2 saturated carbocycles. The predicted molar refractivity (Wildman–Crippen MR) is 108 cm³/mol. The van der Waals surface area contributed by atoms with Crippen LogP contribution in [0.4, 0.5) is 19.0 Å². The van der Waals surface area contributed by atoms with Gasteiger partial charge in [-0.15, -0.1) is 0 Å². The minimum Gasteiger partial charge on any atom is -0.365 e. The normalized spacial score (nSPS) is 21.3. The molecule has 2 heterocycles. The van der Waals surface area contributed by atoms with Crippen molar-refractivity contribution in [2.75, 3.05) is 5.32 Å². The largest absolute Gasteiger partial charge is 0.365 e. The number of hydrogen-bond acceptors (Lipinski definition) is 4. The number of nitrogens with zero attached hydrogens (tertiary/aromatic N) is 3. The summed E-state index contributed by atoms with van der Waals surface area (Å²) in [5, 5.41) is 4.57. The van der Waals surface area contributed by atoms with Crippen molar-refractivity contribution >= 4 is 32.4 Å². The summed E-state index contributed by atoms with van der Waals surface area (Å²) in [4.78, 5) is 10.8. The summed E-state index contributed by atoms with van der Waals surface area (Å²) in [7, 11) is 0. The van der Waals surface area contributed by atoms with Crippen LogP contribution in [0.5, 0.6) is 0 Å². The average molecular weight is 463 g/mol. The van der Waals surface area contributed by atoms with Gasteiger partial charge < -0.3 is 10.2 Å². The highest BCUT2D eigenvalue weighted by Gasteiger charge is 2.65. The lowest BCUT2D eigenvalue weighted by atomic mass is 10.1. The average Bonchev–Trinajstić information content (AvgIpc) is 3.63. The number of rotatable bonds is 5. The molecule has 0 amide bonds. The molecule has 0 radical (unpaired) electrons. The highest BCUT2D eigenvalue weighted by molar-refractivity contribution is 9.15. The molecular weight excluding hydrogens is 445 g/mol. The first kappa shape index (κ1) is 18.7. The topological polar surface area (TPSA) is 41.1 Å².